The number of thiazole rings is 2. The molecule has 2 rings (SSSR count). The Morgan fingerprint density at radius 3 is 2.71 bits per heavy atom. The summed E-state index contributed by atoms with van der Waals surface area (Å²) in [6.45, 7) is 6.25. The molecule has 1 atom stereocenters. The van der Waals surface area contributed by atoms with E-state index in [4.69, 9.17) is 5.73 Å². The number of rotatable bonds is 4. The van der Waals surface area contributed by atoms with Gasteiger partial charge in [0.1, 0.15) is 16.4 Å². The molecule has 0 radical (unpaired) electrons. The molecule has 3 nitrogen and oxygen atoms in total. The second-order valence-electron chi connectivity index (χ2n) is 4.10. The van der Waals surface area contributed by atoms with Crippen molar-refractivity contribution in [3.63, 3.8) is 0 Å². The fourth-order valence-corrected chi connectivity index (χ4v) is 3.44. The molecule has 0 aliphatic rings. The van der Waals surface area contributed by atoms with Crippen molar-refractivity contribution in [1.82, 2.24) is 9.97 Å². The van der Waals surface area contributed by atoms with Crippen LogP contribution in [0.2, 0.25) is 0 Å². The second-order valence-corrected chi connectivity index (χ2v) is 6.40. The van der Waals surface area contributed by atoms with E-state index in [1.165, 1.54) is 4.88 Å². The largest absolute Gasteiger partial charge is 0.322 e. The Morgan fingerprint density at radius 1 is 1.35 bits per heavy atom. The first-order chi connectivity index (χ1) is 8.11. The van der Waals surface area contributed by atoms with E-state index in [2.05, 4.69) is 29.2 Å². The fraction of sp³-hybridized carbons (Fsp3) is 0.500. The predicted molar refractivity (Wildman–Crippen MR) is 74.5 cm³/mol. The van der Waals surface area contributed by atoms with E-state index >= 15 is 0 Å². The monoisotopic (exact) mass is 267 g/mol. The minimum atomic E-state index is 0.0683. The molecule has 2 heterocycles. The molecule has 0 spiro atoms. The highest BCUT2D eigenvalue weighted by Gasteiger charge is 2.14. The summed E-state index contributed by atoms with van der Waals surface area (Å²) in [5.41, 5.74) is 8.05. The van der Waals surface area contributed by atoms with Gasteiger partial charge in [-0.25, -0.2) is 9.97 Å². The average molecular weight is 267 g/mol. The maximum absolute atomic E-state index is 6.07. The maximum atomic E-state index is 6.07. The molecule has 0 aliphatic heterocycles. The van der Waals surface area contributed by atoms with Crippen molar-refractivity contribution < 1.29 is 0 Å². The second kappa shape index (κ2) is 5.25. The van der Waals surface area contributed by atoms with Gasteiger partial charge < -0.3 is 5.73 Å². The lowest BCUT2D eigenvalue weighted by molar-refractivity contribution is 0.635. The Labute approximate surface area is 110 Å². The van der Waals surface area contributed by atoms with Crippen LogP contribution in [0, 0.1) is 13.8 Å². The van der Waals surface area contributed by atoms with Gasteiger partial charge in [0.15, 0.2) is 0 Å². The van der Waals surface area contributed by atoms with Crippen LogP contribution in [0.4, 0.5) is 0 Å². The zero-order chi connectivity index (χ0) is 12.4. The van der Waals surface area contributed by atoms with Gasteiger partial charge in [-0.2, -0.15) is 0 Å². The molecule has 0 amide bonds. The predicted octanol–water partition coefficient (Wildman–Crippen LogP) is 3.68. The topological polar surface area (TPSA) is 51.8 Å². The van der Waals surface area contributed by atoms with Crippen LogP contribution in [0.25, 0.3) is 11.4 Å². The van der Waals surface area contributed by atoms with Gasteiger partial charge in [0, 0.05) is 10.3 Å². The lowest BCUT2D eigenvalue weighted by Gasteiger charge is -2.04. The minimum Gasteiger partial charge on any atom is -0.322 e. The van der Waals surface area contributed by atoms with Crippen LogP contribution in [0.1, 0.15) is 40.7 Å². The minimum absolute atomic E-state index is 0.0683. The third kappa shape index (κ3) is 2.73. The van der Waals surface area contributed by atoms with Gasteiger partial charge in [0.25, 0.3) is 0 Å². The molecule has 2 N–H and O–H groups in total. The Balaban J connectivity index is 2.26. The molecule has 92 valence electrons. The first-order valence-corrected chi connectivity index (χ1v) is 7.46. The Hall–Kier alpha value is -0.780. The van der Waals surface area contributed by atoms with E-state index < -0.39 is 0 Å². The lowest BCUT2D eigenvalue weighted by Crippen LogP contribution is -2.09. The third-order valence-corrected chi connectivity index (χ3v) is 4.45. The standard InChI is InChI=1S/C12H17N3S2/c1-4-5-9(13)12-15-10(6-16-12)11-7(2)17-8(3)14-11/h6,9H,4-5,13H2,1-3H3. The van der Waals surface area contributed by atoms with Gasteiger partial charge in [-0.1, -0.05) is 13.3 Å². The number of aromatic nitrogens is 2. The third-order valence-electron chi connectivity index (χ3n) is 2.58. The van der Waals surface area contributed by atoms with Crippen LogP contribution in [0.15, 0.2) is 5.38 Å². The summed E-state index contributed by atoms with van der Waals surface area (Å²) in [4.78, 5) is 10.4. The molecule has 2 aromatic rings. The molecule has 17 heavy (non-hydrogen) atoms. The van der Waals surface area contributed by atoms with E-state index in [0.29, 0.717) is 0 Å². The van der Waals surface area contributed by atoms with E-state index in [1.54, 1.807) is 22.7 Å². The number of nitrogens with two attached hydrogens (primary N) is 1. The smallest absolute Gasteiger partial charge is 0.110 e. The summed E-state index contributed by atoms with van der Waals surface area (Å²) in [6, 6.07) is 0.0683. The molecule has 0 bridgehead atoms. The Morgan fingerprint density at radius 2 is 2.12 bits per heavy atom. The van der Waals surface area contributed by atoms with E-state index in [9.17, 15) is 0 Å². The molecule has 0 saturated carbocycles. The van der Waals surface area contributed by atoms with Crippen molar-refractivity contribution in [1.29, 1.82) is 0 Å². The van der Waals surface area contributed by atoms with E-state index in [0.717, 1.165) is 34.2 Å². The van der Waals surface area contributed by atoms with Crippen molar-refractivity contribution >= 4 is 22.7 Å². The summed E-state index contributed by atoms with van der Waals surface area (Å²) < 4.78 is 0. The molecular weight excluding hydrogens is 250 g/mol. The molecule has 0 fully saturated rings. The van der Waals surface area contributed by atoms with Crippen LogP contribution in [-0.4, -0.2) is 9.97 Å². The van der Waals surface area contributed by atoms with Crippen molar-refractivity contribution in [2.75, 3.05) is 0 Å². The van der Waals surface area contributed by atoms with Crippen molar-refractivity contribution in [2.45, 2.75) is 39.7 Å². The number of nitrogens with zero attached hydrogens (tertiary/aromatic N) is 2. The van der Waals surface area contributed by atoms with Crippen molar-refractivity contribution in [2.24, 2.45) is 5.73 Å². The fourth-order valence-electron chi connectivity index (χ4n) is 1.77. The van der Waals surface area contributed by atoms with Crippen LogP contribution in [-0.2, 0) is 0 Å². The number of hydrogen-bond acceptors (Lipinski definition) is 5. The SMILES string of the molecule is CCCC(N)c1nc(-c2nc(C)sc2C)cs1. The molecule has 2 aromatic heterocycles. The quantitative estimate of drug-likeness (QED) is 0.919. The molecule has 0 aromatic carbocycles. The molecular formula is C12H17N3S2. The zero-order valence-corrected chi connectivity index (χ0v) is 12.0. The highest BCUT2D eigenvalue weighted by atomic mass is 32.1. The number of aryl methyl sites for hydroxylation is 2. The lowest BCUT2D eigenvalue weighted by atomic mass is 10.2. The van der Waals surface area contributed by atoms with Crippen molar-refractivity contribution in [3.05, 3.63) is 20.3 Å². The van der Waals surface area contributed by atoms with Crippen molar-refractivity contribution in [3.8, 4) is 11.4 Å². The van der Waals surface area contributed by atoms with Crippen LogP contribution in [0.3, 0.4) is 0 Å². The summed E-state index contributed by atoms with van der Waals surface area (Å²) in [6.07, 6.45) is 2.08. The first-order valence-electron chi connectivity index (χ1n) is 5.77. The van der Waals surface area contributed by atoms with Crippen LogP contribution >= 0.6 is 22.7 Å². The summed E-state index contributed by atoms with van der Waals surface area (Å²) in [5.74, 6) is 0. The van der Waals surface area contributed by atoms with Crippen LogP contribution < -0.4 is 5.73 Å². The summed E-state index contributed by atoms with van der Waals surface area (Å²) in [7, 11) is 0. The van der Waals surface area contributed by atoms with Gasteiger partial charge >= 0.3 is 0 Å². The molecule has 0 aliphatic carbocycles. The molecule has 5 heteroatoms. The average Bonchev–Trinajstić information content (AvgIpc) is 2.85. The van der Waals surface area contributed by atoms with Gasteiger partial charge in [0.05, 0.1) is 11.0 Å². The van der Waals surface area contributed by atoms with Gasteiger partial charge in [-0.15, -0.1) is 22.7 Å². The zero-order valence-electron chi connectivity index (χ0n) is 10.4. The van der Waals surface area contributed by atoms with Gasteiger partial charge in [-0.05, 0) is 20.3 Å². The normalized spacial score (nSPS) is 12.9. The Kier molecular flexibility index (Phi) is 3.91. The van der Waals surface area contributed by atoms with Gasteiger partial charge in [0.2, 0.25) is 0 Å². The highest BCUT2D eigenvalue weighted by molar-refractivity contribution is 7.12. The Bertz CT molecular complexity index is 502. The maximum Gasteiger partial charge on any atom is 0.110 e. The number of hydrogen-bond donors (Lipinski definition) is 1. The molecule has 1 unspecified atom stereocenters. The van der Waals surface area contributed by atoms with Gasteiger partial charge in [-0.3, -0.25) is 0 Å². The highest BCUT2D eigenvalue weighted by Crippen LogP contribution is 2.30. The summed E-state index contributed by atoms with van der Waals surface area (Å²) in [5, 5.41) is 4.17. The van der Waals surface area contributed by atoms with E-state index in [-0.39, 0.29) is 6.04 Å². The van der Waals surface area contributed by atoms with Crippen LogP contribution in [0.5, 0.6) is 0 Å². The molecule has 0 saturated heterocycles. The first kappa shape index (κ1) is 12.7. The summed E-state index contributed by atoms with van der Waals surface area (Å²) >= 11 is 3.35. The van der Waals surface area contributed by atoms with E-state index in [1.807, 2.05) is 6.92 Å².